The van der Waals surface area contributed by atoms with Gasteiger partial charge in [-0.2, -0.15) is 0 Å². The molecule has 0 rings (SSSR count). The van der Waals surface area contributed by atoms with E-state index in [1.165, 1.54) is 0 Å². The first-order chi connectivity index (χ1) is 2.64. The van der Waals surface area contributed by atoms with Gasteiger partial charge in [-0.05, 0) is 0 Å². The molecule has 0 unspecified atom stereocenters. The van der Waals surface area contributed by atoms with Gasteiger partial charge in [0.15, 0.2) is 0 Å². The molecule has 6 heavy (non-hydrogen) atoms. The molecule has 0 aromatic rings. The van der Waals surface area contributed by atoms with E-state index in [0.29, 0.717) is 0 Å². The molecule has 0 atom stereocenters. The molecular formula is C3H6NOZn. The van der Waals surface area contributed by atoms with Crippen LogP contribution in [0.25, 0.3) is 0 Å². The fourth-order valence-electron chi connectivity index (χ4n) is 0. The molecule has 0 radical (unpaired) electrons. The summed E-state index contributed by atoms with van der Waals surface area (Å²) in [4.78, 5) is 11.7. The zero-order chi connectivity index (χ0) is 5.15. The van der Waals surface area contributed by atoms with Crippen molar-refractivity contribution in [3.05, 3.63) is 0 Å². The SMILES string of the molecule is CN(C)[C](=O)[Zn]. The second-order valence-corrected chi connectivity index (χ2v) is 2.56. The maximum atomic E-state index is 10.1. The number of hydrogen-bond acceptors (Lipinski definition) is 1. The molecule has 0 aliphatic rings. The van der Waals surface area contributed by atoms with E-state index in [0.717, 1.165) is 18.3 Å². The van der Waals surface area contributed by atoms with Crippen molar-refractivity contribution < 1.29 is 23.1 Å². The summed E-state index contributed by atoms with van der Waals surface area (Å²) in [5, 5.41) is 0. The predicted octanol–water partition coefficient (Wildman–Crippen LogP) is 0.215. The molecule has 0 saturated heterocycles. The first kappa shape index (κ1) is 6.09. The van der Waals surface area contributed by atoms with Crippen LogP contribution in [0.1, 0.15) is 0 Å². The fourth-order valence-corrected chi connectivity index (χ4v) is 0. The van der Waals surface area contributed by atoms with Crippen LogP contribution in [0.5, 0.6) is 0 Å². The predicted molar refractivity (Wildman–Crippen MR) is 19.1 cm³/mol. The fraction of sp³-hybridized carbons (Fsp3) is 0.667. The number of amides is 1. The van der Waals surface area contributed by atoms with E-state index in [-0.39, 0.29) is 4.50 Å². The summed E-state index contributed by atoms with van der Waals surface area (Å²) in [5.74, 6) is 0. The Hall–Kier alpha value is 0.0934. The van der Waals surface area contributed by atoms with Crippen LogP contribution in [0.4, 0.5) is 4.79 Å². The molecule has 0 spiro atoms. The average molecular weight is 137 g/mol. The van der Waals surface area contributed by atoms with Crippen LogP contribution < -0.4 is 0 Å². The standard InChI is InChI=1S/C3H6NO.Zn/c1-4(2)3-5;/h1-2H3;. The Kier molecular flexibility index (Phi) is 2.33. The van der Waals surface area contributed by atoms with Crippen molar-refractivity contribution in [2.75, 3.05) is 14.1 Å². The summed E-state index contributed by atoms with van der Waals surface area (Å²) in [6, 6.07) is 0. The molecule has 3 heteroatoms. The number of rotatable bonds is 0. The Bertz CT molecular complexity index is 61.8. The van der Waals surface area contributed by atoms with E-state index in [1.54, 1.807) is 19.0 Å². The van der Waals surface area contributed by atoms with Crippen molar-refractivity contribution in [1.29, 1.82) is 0 Å². The average Bonchev–Trinajstić information content (AvgIpc) is 1.36. The summed E-state index contributed by atoms with van der Waals surface area (Å²) in [6.45, 7) is 0. The van der Waals surface area contributed by atoms with Crippen LogP contribution in [-0.4, -0.2) is 23.5 Å². The third-order valence-electron chi connectivity index (χ3n) is 0.499. The van der Waals surface area contributed by atoms with Gasteiger partial charge >= 0.3 is 46.6 Å². The number of carbonyl (C=O) groups excluding carboxylic acids is 1. The Morgan fingerprint density at radius 2 is 1.83 bits per heavy atom. The van der Waals surface area contributed by atoms with E-state index in [2.05, 4.69) is 0 Å². The van der Waals surface area contributed by atoms with Gasteiger partial charge in [-0.3, -0.25) is 0 Å². The van der Waals surface area contributed by atoms with Gasteiger partial charge in [0.1, 0.15) is 0 Å². The third-order valence-corrected chi connectivity index (χ3v) is 1.83. The van der Waals surface area contributed by atoms with E-state index < -0.39 is 0 Å². The minimum atomic E-state index is 0.218. The molecular weight excluding hydrogens is 131 g/mol. The van der Waals surface area contributed by atoms with Crippen molar-refractivity contribution in [3.8, 4) is 0 Å². The summed E-state index contributed by atoms with van der Waals surface area (Å²) >= 11 is 0.729. The molecule has 0 aliphatic heterocycles. The summed E-state index contributed by atoms with van der Waals surface area (Å²) < 4.78 is 0.218. The van der Waals surface area contributed by atoms with Gasteiger partial charge in [0.05, 0.1) is 0 Å². The third kappa shape index (κ3) is 2.34. The van der Waals surface area contributed by atoms with Gasteiger partial charge in [0.2, 0.25) is 0 Å². The first-order valence-electron chi connectivity index (χ1n) is 1.68. The van der Waals surface area contributed by atoms with E-state index >= 15 is 0 Å². The molecule has 0 bridgehead atoms. The molecule has 0 aliphatic carbocycles. The van der Waals surface area contributed by atoms with E-state index in [1.807, 2.05) is 0 Å². The topological polar surface area (TPSA) is 20.3 Å². The molecule has 1 amide bonds. The molecule has 31 valence electrons. The van der Waals surface area contributed by atoms with Crippen molar-refractivity contribution >= 4 is 4.50 Å². The molecule has 0 heterocycles. The molecule has 0 saturated carbocycles. The Morgan fingerprint density at radius 1 is 1.67 bits per heavy atom. The van der Waals surface area contributed by atoms with Crippen LogP contribution in [0, 0.1) is 0 Å². The van der Waals surface area contributed by atoms with Gasteiger partial charge < -0.3 is 0 Å². The minimum absolute atomic E-state index is 0.218. The molecule has 0 aromatic carbocycles. The van der Waals surface area contributed by atoms with Gasteiger partial charge in [-0.25, -0.2) is 0 Å². The first-order valence-corrected chi connectivity index (χ1v) is 3.16. The normalized spacial score (nSPS) is 8.00. The van der Waals surface area contributed by atoms with Crippen molar-refractivity contribution in [2.24, 2.45) is 0 Å². The van der Waals surface area contributed by atoms with Gasteiger partial charge in [0, 0.05) is 0 Å². The van der Waals surface area contributed by atoms with Crippen molar-refractivity contribution in [1.82, 2.24) is 4.90 Å². The van der Waals surface area contributed by atoms with Gasteiger partial charge in [-0.1, -0.05) is 0 Å². The Morgan fingerprint density at radius 3 is 1.83 bits per heavy atom. The number of hydrogen-bond donors (Lipinski definition) is 0. The van der Waals surface area contributed by atoms with Crippen LogP contribution in [0.3, 0.4) is 0 Å². The molecule has 0 fully saturated rings. The van der Waals surface area contributed by atoms with Gasteiger partial charge in [0.25, 0.3) is 0 Å². The van der Waals surface area contributed by atoms with Crippen LogP contribution in [0.2, 0.25) is 0 Å². The van der Waals surface area contributed by atoms with Crippen LogP contribution in [0.15, 0.2) is 0 Å². The van der Waals surface area contributed by atoms with Crippen molar-refractivity contribution in [3.63, 3.8) is 0 Å². The maximum absolute atomic E-state index is 10.1. The number of nitrogens with zero attached hydrogens (tertiary/aromatic N) is 1. The second kappa shape index (κ2) is 2.30. The zero-order valence-corrected chi connectivity index (χ0v) is 7.03. The van der Waals surface area contributed by atoms with E-state index in [9.17, 15) is 4.79 Å². The monoisotopic (exact) mass is 136 g/mol. The molecule has 2 nitrogen and oxygen atoms in total. The Labute approximate surface area is 47.2 Å². The molecule has 0 aromatic heterocycles. The second-order valence-electron chi connectivity index (χ2n) is 1.29. The summed E-state index contributed by atoms with van der Waals surface area (Å²) in [5.41, 5.74) is 0. The van der Waals surface area contributed by atoms with Crippen LogP contribution >= 0.6 is 0 Å². The quantitative estimate of drug-likeness (QED) is 0.437. The summed E-state index contributed by atoms with van der Waals surface area (Å²) in [6.07, 6.45) is 0. The molecule has 0 N–H and O–H groups in total. The number of carbonyl (C=O) groups is 1. The van der Waals surface area contributed by atoms with Crippen LogP contribution in [-0.2, 0) is 18.3 Å². The Balaban J connectivity index is 3.26. The van der Waals surface area contributed by atoms with Crippen molar-refractivity contribution in [2.45, 2.75) is 0 Å². The van der Waals surface area contributed by atoms with E-state index in [4.69, 9.17) is 0 Å². The zero-order valence-electron chi connectivity index (χ0n) is 4.06. The van der Waals surface area contributed by atoms with Gasteiger partial charge in [-0.15, -0.1) is 0 Å². The summed E-state index contributed by atoms with van der Waals surface area (Å²) in [7, 11) is 3.51.